The van der Waals surface area contributed by atoms with Gasteiger partial charge in [-0.05, 0) is 74.6 Å². The summed E-state index contributed by atoms with van der Waals surface area (Å²) >= 11 is 12.5. The molecule has 1 aliphatic carbocycles. The molecule has 8 heteroatoms. The number of likely N-dealkylation sites (tertiary alicyclic amines) is 1. The van der Waals surface area contributed by atoms with Gasteiger partial charge in [-0.15, -0.1) is 0 Å². The third-order valence-electron chi connectivity index (χ3n) is 7.91. The van der Waals surface area contributed by atoms with Crippen LogP contribution in [0.15, 0.2) is 24.3 Å². The Morgan fingerprint density at radius 3 is 2.59 bits per heavy atom. The summed E-state index contributed by atoms with van der Waals surface area (Å²) in [7, 11) is 1.65. The minimum absolute atomic E-state index is 0.0381. The van der Waals surface area contributed by atoms with Crippen molar-refractivity contribution >= 4 is 35.0 Å². The van der Waals surface area contributed by atoms with E-state index in [9.17, 15) is 0 Å². The van der Waals surface area contributed by atoms with Gasteiger partial charge in [-0.3, -0.25) is 0 Å². The van der Waals surface area contributed by atoms with Gasteiger partial charge in [0.05, 0.1) is 13.2 Å². The van der Waals surface area contributed by atoms with Crippen molar-refractivity contribution in [2.24, 2.45) is 17.8 Å². The largest absolute Gasteiger partial charge is 0.481 e. The average molecular weight is 505 g/mol. The van der Waals surface area contributed by atoms with Crippen LogP contribution in [0.4, 0.5) is 11.8 Å². The Balaban J connectivity index is 1.22. The van der Waals surface area contributed by atoms with E-state index in [1.165, 1.54) is 38.8 Å². The molecule has 2 aromatic rings. The number of benzene rings is 1. The zero-order valence-corrected chi connectivity index (χ0v) is 21.8. The maximum Gasteiger partial charge on any atom is 0.230 e. The number of halogens is 2. The lowest BCUT2D eigenvalue weighted by Crippen LogP contribution is -2.56. The first-order valence-electron chi connectivity index (χ1n) is 12.5. The summed E-state index contributed by atoms with van der Waals surface area (Å²) in [5.74, 6) is 4.44. The smallest absolute Gasteiger partial charge is 0.230 e. The van der Waals surface area contributed by atoms with Gasteiger partial charge in [0.15, 0.2) is 0 Å². The van der Waals surface area contributed by atoms with Crippen LogP contribution < -0.4 is 15.0 Å². The van der Waals surface area contributed by atoms with Crippen molar-refractivity contribution < 1.29 is 4.74 Å². The number of ether oxygens (including phenoxy) is 1. The number of piperidine rings is 1. The lowest BCUT2D eigenvalue weighted by atomic mass is 9.76. The summed E-state index contributed by atoms with van der Waals surface area (Å²) in [4.78, 5) is 14.5. The van der Waals surface area contributed by atoms with Gasteiger partial charge in [0.2, 0.25) is 11.8 Å². The number of aromatic nitrogens is 2. The molecule has 5 rings (SSSR count). The van der Waals surface area contributed by atoms with Crippen molar-refractivity contribution in [1.29, 1.82) is 0 Å². The molecular formula is C26H35Cl2N5O. The minimum atomic E-state index is -0.0381. The van der Waals surface area contributed by atoms with Gasteiger partial charge in [-0.2, -0.15) is 9.97 Å². The number of nitrogens with one attached hydrogen (secondary N) is 1. The Labute approximate surface area is 213 Å². The highest BCUT2D eigenvalue weighted by atomic mass is 35.5. The molecule has 2 saturated heterocycles. The molecule has 3 aliphatic rings. The maximum atomic E-state index is 6.41. The van der Waals surface area contributed by atoms with Crippen LogP contribution in [0.25, 0.3) is 0 Å². The monoisotopic (exact) mass is 503 g/mol. The number of hydrogen-bond donors (Lipinski definition) is 1. The molecule has 3 fully saturated rings. The molecule has 34 heavy (non-hydrogen) atoms. The van der Waals surface area contributed by atoms with Crippen molar-refractivity contribution in [1.82, 2.24) is 14.9 Å². The zero-order chi connectivity index (χ0) is 23.8. The molecule has 1 N–H and O–H groups in total. The van der Waals surface area contributed by atoms with Crippen LogP contribution in [0.5, 0.6) is 5.88 Å². The Kier molecular flexibility index (Phi) is 7.10. The highest BCUT2D eigenvalue weighted by Gasteiger charge is 2.40. The second-order valence-corrected chi connectivity index (χ2v) is 11.3. The topological polar surface area (TPSA) is 53.5 Å². The van der Waals surface area contributed by atoms with E-state index in [-0.39, 0.29) is 6.04 Å². The van der Waals surface area contributed by atoms with Gasteiger partial charge < -0.3 is 19.9 Å². The molecule has 6 nitrogen and oxygen atoms in total. The lowest BCUT2D eigenvalue weighted by Gasteiger charge is -2.50. The van der Waals surface area contributed by atoms with Crippen LogP contribution in [-0.4, -0.2) is 54.2 Å². The second-order valence-electron chi connectivity index (χ2n) is 10.4. The summed E-state index contributed by atoms with van der Waals surface area (Å²) in [5, 5.41) is 4.72. The molecule has 3 heterocycles. The average Bonchev–Trinajstić information content (AvgIpc) is 2.76. The van der Waals surface area contributed by atoms with Crippen LogP contribution in [0, 0.1) is 17.8 Å². The number of hydrogen-bond acceptors (Lipinski definition) is 6. The van der Waals surface area contributed by atoms with E-state index >= 15 is 0 Å². The van der Waals surface area contributed by atoms with Gasteiger partial charge in [0.1, 0.15) is 5.82 Å². The Bertz CT molecular complexity index is 1010. The van der Waals surface area contributed by atoms with E-state index in [1.807, 2.05) is 18.2 Å². The molecule has 0 bridgehead atoms. The van der Waals surface area contributed by atoms with E-state index < -0.39 is 0 Å². The third kappa shape index (κ3) is 5.09. The Morgan fingerprint density at radius 1 is 1.09 bits per heavy atom. The fourth-order valence-electron chi connectivity index (χ4n) is 5.77. The molecule has 0 amide bonds. The zero-order valence-electron chi connectivity index (χ0n) is 20.3. The standard InChI is InChI=1S/C26H35Cl2N5O/c1-16-9-21(10-16)32-8-4-5-18(13-32)19-14-33(15-19)26-30-24(12-25(31-26)34-3)29-17(2)22-7-6-20(27)11-23(22)28/h6-7,11-12,16-19,21H,4-5,8-10,13-15H2,1-3H3,(H,29,30,31)/t16?,17-,18+,21?/m1/s1. The van der Waals surface area contributed by atoms with Gasteiger partial charge in [-0.25, -0.2) is 0 Å². The van der Waals surface area contributed by atoms with Crippen molar-refractivity contribution in [2.45, 2.75) is 51.6 Å². The maximum absolute atomic E-state index is 6.41. The normalized spacial score (nSPS) is 26.5. The van der Waals surface area contributed by atoms with Gasteiger partial charge in [0.25, 0.3) is 0 Å². The van der Waals surface area contributed by atoms with Crippen LogP contribution >= 0.6 is 23.2 Å². The number of nitrogens with zero attached hydrogens (tertiary/aromatic N) is 4. The molecule has 184 valence electrons. The van der Waals surface area contributed by atoms with Gasteiger partial charge >= 0.3 is 0 Å². The first kappa shape index (κ1) is 24.0. The van der Waals surface area contributed by atoms with Gasteiger partial charge in [-0.1, -0.05) is 36.2 Å². The summed E-state index contributed by atoms with van der Waals surface area (Å²) < 4.78 is 5.48. The van der Waals surface area contributed by atoms with Crippen LogP contribution in [0.1, 0.15) is 51.1 Å². The fourth-order valence-corrected chi connectivity index (χ4v) is 6.35. The summed E-state index contributed by atoms with van der Waals surface area (Å²) in [6.45, 7) is 9.02. The number of methoxy groups -OCH3 is 1. The van der Waals surface area contributed by atoms with E-state index in [1.54, 1.807) is 13.2 Å². The van der Waals surface area contributed by atoms with Crippen LogP contribution in [-0.2, 0) is 0 Å². The lowest BCUT2D eigenvalue weighted by molar-refractivity contribution is 0.0294. The molecule has 2 atom stereocenters. The highest BCUT2D eigenvalue weighted by molar-refractivity contribution is 6.35. The molecule has 1 saturated carbocycles. The highest BCUT2D eigenvalue weighted by Crippen LogP contribution is 2.38. The third-order valence-corrected chi connectivity index (χ3v) is 8.47. The summed E-state index contributed by atoms with van der Waals surface area (Å²) in [6, 6.07) is 8.19. The van der Waals surface area contributed by atoms with E-state index in [2.05, 4.69) is 33.9 Å². The van der Waals surface area contributed by atoms with E-state index in [0.29, 0.717) is 15.9 Å². The minimum Gasteiger partial charge on any atom is -0.481 e. The van der Waals surface area contributed by atoms with Crippen molar-refractivity contribution in [2.75, 3.05) is 43.5 Å². The Morgan fingerprint density at radius 2 is 1.88 bits per heavy atom. The molecule has 1 aromatic heterocycles. The van der Waals surface area contributed by atoms with Crippen LogP contribution in [0.2, 0.25) is 10.0 Å². The predicted octanol–water partition coefficient (Wildman–Crippen LogP) is 5.91. The predicted molar refractivity (Wildman–Crippen MR) is 139 cm³/mol. The molecule has 0 radical (unpaired) electrons. The van der Waals surface area contributed by atoms with Crippen LogP contribution in [0.3, 0.4) is 0 Å². The number of anilines is 2. The number of rotatable bonds is 7. The van der Waals surface area contributed by atoms with E-state index in [0.717, 1.165) is 54.2 Å². The molecule has 2 aliphatic heterocycles. The molecule has 0 unspecified atom stereocenters. The van der Waals surface area contributed by atoms with Crippen molar-refractivity contribution in [3.8, 4) is 5.88 Å². The van der Waals surface area contributed by atoms with Gasteiger partial charge in [0, 0.05) is 41.8 Å². The van der Waals surface area contributed by atoms with Crippen molar-refractivity contribution in [3.63, 3.8) is 0 Å². The summed E-state index contributed by atoms with van der Waals surface area (Å²) in [6.07, 6.45) is 5.45. The van der Waals surface area contributed by atoms with Crippen molar-refractivity contribution in [3.05, 3.63) is 39.9 Å². The first-order valence-corrected chi connectivity index (χ1v) is 13.3. The fraction of sp³-hybridized carbons (Fsp3) is 0.615. The molecule has 0 spiro atoms. The quantitative estimate of drug-likeness (QED) is 0.506. The summed E-state index contributed by atoms with van der Waals surface area (Å²) in [5.41, 5.74) is 0.969. The molecule has 1 aromatic carbocycles. The Hall–Kier alpha value is -1.76. The second kappa shape index (κ2) is 10.1. The molecular weight excluding hydrogens is 469 g/mol. The first-order chi connectivity index (χ1) is 16.4. The van der Waals surface area contributed by atoms with E-state index in [4.69, 9.17) is 32.9 Å². The SMILES string of the molecule is COc1cc(N[C@H](C)c2ccc(Cl)cc2Cl)nc(N2CC([C@H]3CCCN(C4CC(C)C4)C3)C2)n1.